The zero-order valence-electron chi connectivity index (χ0n) is 26.3. The number of fused-ring (bicyclic) bond motifs is 1. The minimum absolute atomic E-state index is 0.0397. The molecule has 11 nitrogen and oxygen atoms in total. The number of piperazine rings is 1. The lowest BCUT2D eigenvalue weighted by molar-refractivity contribution is -0.133. The van der Waals surface area contributed by atoms with Crippen LogP contribution in [0, 0.1) is 29.1 Å². The smallest absolute Gasteiger partial charge is 0.244 e. The van der Waals surface area contributed by atoms with Crippen molar-refractivity contribution in [2.24, 2.45) is 5.41 Å². The number of nitriles is 1. The van der Waals surface area contributed by atoms with Gasteiger partial charge in [0, 0.05) is 79.6 Å². The summed E-state index contributed by atoms with van der Waals surface area (Å²) >= 11 is 0. The summed E-state index contributed by atoms with van der Waals surface area (Å²) < 4.78 is 0. The first-order valence-corrected chi connectivity index (χ1v) is 15.9. The quantitative estimate of drug-likeness (QED) is 0.255. The zero-order valence-corrected chi connectivity index (χ0v) is 26.3. The number of rotatable bonds is 7. The highest BCUT2D eigenvalue weighted by Crippen LogP contribution is 2.33. The molecule has 238 valence electrons. The number of anilines is 2. The van der Waals surface area contributed by atoms with Crippen LogP contribution in [0.15, 0.2) is 85.2 Å². The standard InChI is InChI=1S/C37H33N9O2/c1-2-37(36(48)41-29-9-12-32-31(22-29)34(43-42-32)28-6-3-5-26(21-28)23-38)13-16-44(25-37)24-33(47)46-19-17-45(18-20-46)30-10-7-27(8-11-30)35-39-14-4-15-40-35/h1,3-12,14-15,21-22H,13,16-20,24-25H2,(H,41,48)(H,42,43). The molecular formula is C37H33N9O2. The average molecular weight is 636 g/mol. The van der Waals surface area contributed by atoms with Crippen molar-refractivity contribution in [3.8, 4) is 41.1 Å². The molecule has 2 aromatic heterocycles. The molecule has 0 aliphatic carbocycles. The fourth-order valence-electron chi connectivity index (χ4n) is 6.47. The van der Waals surface area contributed by atoms with E-state index in [1.807, 2.05) is 46.2 Å². The van der Waals surface area contributed by atoms with Gasteiger partial charge in [0.25, 0.3) is 0 Å². The number of carbonyl (C=O) groups is 2. The zero-order chi connectivity index (χ0) is 33.1. The van der Waals surface area contributed by atoms with Gasteiger partial charge in [0.2, 0.25) is 11.8 Å². The Morgan fingerprint density at radius 1 is 0.938 bits per heavy atom. The van der Waals surface area contributed by atoms with Crippen molar-refractivity contribution >= 4 is 34.1 Å². The van der Waals surface area contributed by atoms with Crippen LogP contribution in [0.1, 0.15) is 12.0 Å². The number of hydrogen-bond donors (Lipinski definition) is 2. The van der Waals surface area contributed by atoms with E-state index < -0.39 is 5.41 Å². The van der Waals surface area contributed by atoms with Crippen LogP contribution in [-0.4, -0.2) is 87.6 Å². The number of benzene rings is 3. The van der Waals surface area contributed by atoms with Gasteiger partial charge in [-0.25, -0.2) is 9.97 Å². The molecular weight excluding hydrogens is 602 g/mol. The fraction of sp³-hybridized carbons (Fsp3) is 0.243. The molecule has 0 bridgehead atoms. The molecule has 4 heterocycles. The molecule has 1 atom stereocenters. The van der Waals surface area contributed by atoms with Crippen molar-refractivity contribution in [3.63, 3.8) is 0 Å². The van der Waals surface area contributed by atoms with Crippen LogP contribution in [0.2, 0.25) is 0 Å². The van der Waals surface area contributed by atoms with Gasteiger partial charge in [-0.3, -0.25) is 19.6 Å². The molecule has 2 aliphatic rings. The largest absolute Gasteiger partial charge is 0.368 e. The number of nitrogens with one attached hydrogen (secondary N) is 2. The Bertz CT molecular complexity index is 2050. The number of carbonyl (C=O) groups excluding carboxylic acids is 2. The predicted octanol–water partition coefficient (Wildman–Crippen LogP) is 4.17. The van der Waals surface area contributed by atoms with Crippen molar-refractivity contribution in [1.82, 2.24) is 30.0 Å². The molecule has 7 rings (SSSR count). The molecule has 3 aromatic carbocycles. The van der Waals surface area contributed by atoms with Gasteiger partial charge in [0.05, 0.1) is 23.7 Å². The van der Waals surface area contributed by atoms with E-state index in [1.165, 1.54) is 0 Å². The van der Waals surface area contributed by atoms with E-state index in [0.29, 0.717) is 55.4 Å². The molecule has 2 saturated heterocycles. The number of amides is 2. The molecule has 0 radical (unpaired) electrons. The molecule has 0 spiro atoms. The van der Waals surface area contributed by atoms with E-state index in [-0.39, 0.29) is 18.4 Å². The van der Waals surface area contributed by atoms with Crippen LogP contribution in [0.4, 0.5) is 11.4 Å². The second kappa shape index (κ2) is 13.0. The van der Waals surface area contributed by atoms with Crippen molar-refractivity contribution in [1.29, 1.82) is 5.26 Å². The lowest BCUT2D eigenvalue weighted by Crippen LogP contribution is -2.51. The summed E-state index contributed by atoms with van der Waals surface area (Å²) in [5.41, 5.74) is 4.44. The van der Waals surface area contributed by atoms with Gasteiger partial charge >= 0.3 is 0 Å². The summed E-state index contributed by atoms with van der Waals surface area (Å²) in [5.74, 6) is 3.22. The van der Waals surface area contributed by atoms with Crippen molar-refractivity contribution in [2.75, 3.05) is 56.0 Å². The Kier molecular flexibility index (Phi) is 8.28. The summed E-state index contributed by atoms with van der Waals surface area (Å²) in [4.78, 5) is 41.7. The Labute approximate surface area is 278 Å². The van der Waals surface area contributed by atoms with Gasteiger partial charge in [0.1, 0.15) is 11.1 Å². The van der Waals surface area contributed by atoms with Crippen LogP contribution in [0.3, 0.4) is 0 Å². The Morgan fingerprint density at radius 3 is 2.48 bits per heavy atom. The highest BCUT2D eigenvalue weighted by atomic mass is 16.2. The summed E-state index contributed by atoms with van der Waals surface area (Å²) in [7, 11) is 0. The number of nitrogens with zero attached hydrogens (tertiary/aromatic N) is 7. The Morgan fingerprint density at radius 2 is 1.73 bits per heavy atom. The van der Waals surface area contributed by atoms with Crippen molar-refractivity contribution < 1.29 is 9.59 Å². The lowest BCUT2D eigenvalue weighted by atomic mass is 9.87. The van der Waals surface area contributed by atoms with Crippen molar-refractivity contribution in [2.45, 2.75) is 6.42 Å². The normalized spacial score (nSPS) is 18.0. The van der Waals surface area contributed by atoms with Crippen LogP contribution in [0.25, 0.3) is 33.5 Å². The van der Waals surface area contributed by atoms with Gasteiger partial charge < -0.3 is 15.1 Å². The summed E-state index contributed by atoms with van der Waals surface area (Å²) in [5, 5.41) is 20.6. The molecule has 2 amide bonds. The van der Waals surface area contributed by atoms with Crippen LogP contribution >= 0.6 is 0 Å². The summed E-state index contributed by atoms with van der Waals surface area (Å²) in [6.07, 6.45) is 9.91. The average Bonchev–Trinajstić information content (AvgIpc) is 3.77. The first-order valence-electron chi connectivity index (χ1n) is 15.9. The highest BCUT2D eigenvalue weighted by Gasteiger charge is 2.44. The maximum Gasteiger partial charge on any atom is 0.244 e. The first-order chi connectivity index (χ1) is 23.4. The van der Waals surface area contributed by atoms with Gasteiger partial charge in [-0.1, -0.05) is 18.1 Å². The van der Waals surface area contributed by atoms with E-state index in [4.69, 9.17) is 6.42 Å². The Balaban J connectivity index is 0.948. The van der Waals surface area contributed by atoms with E-state index in [2.05, 4.69) is 54.5 Å². The minimum Gasteiger partial charge on any atom is -0.368 e. The summed E-state index contributed by atoms with van der Waals surface area (Å²) in [6.45, 7) is 3.78. The maximum atomic E-state index is 13.6. The molecule has 0 saturated carbocycles. The van der Waals surface area contributed by atoms with Crippen LogP contribution in [0.5, 0.6) is 0 Å². The topological polar surface area (TPSA) is 134 Å². The fourth-order valence-corrected chi connectivity index (χ4v) is 6.47. The lowest BCUT2D eigenvalue weighted by Gasteiger charge is -2.37. The van der Waals surface area contributed by atoms with Crippen LogP contribution in [-0.2, 0) is 9.59 Å². The number of aromatic nitrogens is 4. The molecule has 2 N–H and O–H groups in total. The van der Waals surface area contributed by atoms with Gasteiger partial charge in [-0.15, -0.1) is 6.42 Å². The monoisotopic (exact) mass is 635 g/mol. The third kappa shape index (κ3) is 6.07. The summed E-state index contributed by atoms with van der Waals surface area (Å²) in [6, 6.07) is 24.9. The highest BCUT2D eigenvalue weighted by molar-refractivity contribution is 6.01. The molecule has 2 fully saturated rings. The predicted molar refractivity (Wildman–Crippen MR) is 183 cm³/mol. The third-order valence-corrected chi connectivity index (χ3v) is 9.19. The molecule has 11 heteroatoms. The SMILES string of the molecule is C#CC1(C(=O)Nc2ccc3[nH]nc(-c4cccc(C#N)c4)c3c2)CCN(CC(=O)N2CCN(c3ccc(-c4ncccn4)cc3)CC2)C1. The minimum atomic E-state index is -1.05. The Hall–Kier alpha value is -6.04. The van der Waals surface area contributed by atoms with E-state index >= 15 is 0 Å². The molecule has 48 heavy (non-hydrogen) atoms. The van der Waals surface area contributed by atoms with Crippen molar-refractivity contribution in [3.05, 3.63) is 90.8 Å². The van der Waals surface area contributed by atoms with E-state index in [9.17, 15) is 14.9 Å². The maximum absolute atomic E-state index is 13.6. The van der Waals surface area contributed by atoms with Gasteiger partial charge in [-0.2, -0.15) is 10.4 Å². The second-order valence-electron chi connectivity index (χ2n) is 12.2. The van der Waals surface area contributed by atoms with E-state index in [1.54, 1.807) is 36.7 Å². The number of terminal acetylenes is 1. The third-order valence-electron chi connectivity index (χ3n) is 9.19. The molecule has 1 unspecified atom stereocenters. The van der Waals surface area contributed by atoms with Crippen LogP contribution < -0.4 is 10.2 Å². The van der Waals surface area contributed by atoms with Gasteiger partial charge in [-0.05, 0) is 67.1 Å². The second-order valence-corrected chi connectivity index (χ2v) is 12.2. The molecule has 2 aliphatic heterocycles. The number of hydrogen-bond acceptors (Lipinski definition) is 8. The number of H-pyrrole nitrogens is 1. The first kappa shape index (κ1) is 30.6. The number of likely N-dealkylation sites (tertiary alicyclic amines) is 1. The molecule has 5 aromatic rings. The number of aromatic amines is 1. The van der Waals surface area contributed by atoms with E-state index in [0.717, 1.165) is 40.8 Å². The van der Waals surface area contributed by atoms with Gasteiger partial charge in [0.15, 0.2) is 5.82 Å².